The van der Waals surface area contributed by atoms with Crippen LogP contribution in [0.5, 0.6) is 0 Å². The highest BCUT2D eigenvalue weighted by Crippen LogP contribution is 2.38. The van der Waals surface area contributed by atoms with Crippen LogP contribution < -0.4 is 5.73 Å². The molecule has 3 aromatic rings. The van der Waals surface area contributed by atoms with Crippen LogP contribution in [0.4, 0.5) is 23.2 Å². The molecule has 0 radical (unpaired) electrons. The largest absolute Gasteiger partial charge is 0.418 e. The molecule has 0 fully saturated rings. The highest BCUT2D eigenvalue weighted by Gasteiger charge is 2.34. The molecule has 0 aliphatic heterocycles. The van der Waals surface area contributed by atoms with Gasteiger partial charge in [0.25, 0.3) is 0 Å². The van der Waals surface area contributed by atoms with Gasteiger partial charge in [0.05, 0.1) is 34.8 Å². The van der Waals surface area contributed by atoms with Crippen molar-refractivity contribution in [3.63, 3.8) is 0 Å². The zero-order valence-corrected chi connectivity index (χ0v) is 20.8. The number of nitrogens with zero attached hydrogens (tertiary/aromatic N) is 3. The molecule has 3 rings (SSSR count). The molecule has 2 N–H and O–H groups in total. The number of alkyl halides is 3. The van der Waals surface area contributed by atoms with Gasteiger partial charge < -0.3 is 10.6 Å². The quantitative estimate of drug-likeness (QED) is 0.309. The van der Waals surface area contributed by atoms with Crippen LogP contribution in [0.3, 0.4) is 0 Å². The van der Waals surface area contributed by atoms with E-state index in [4.69, 9.17) is 5.73 Å². The number of nitrogen functional groups attached to an aromatic ring is 1. The molecule has 0 bridgehead atoms. The number of halogens is 4. The first-order valence-electron chi connectivity index (χ1n) is 11.3. The maximum atomic E-state index is 14.1. The molecule has 9 heteroatoms. The van der Waals surface area contributed by atoms with E-state index >= 15 is 0 Å². The van der Waals surface area contributed by atoms with E-state index < -0.39 is 28.7 Å². The smallest absolute Gasteiger partial charge is 0.396 e. The molecule has 0 saturated heterocycles. The van der Waals surface area contributed by atoms with E-state index in [1.165, 1.54) is 23.2 Å². The van der Waals surface area contributed by atoms with Crippen molar-refractivity contribution in [3.05, 3.63) is 89.1 Å². The average Bonchev–Trinajstić information content (AvgIpc) is 2.85. The minimum atomic E-state index is -4.80. The highest BCUT2D eigenvalue weighted by molar-refractivity contribution is 5.81. The lowest BCUT2D eigenvalue weighted by atomic mass is 9.86. The van der Waals surface area contributed by atoms with Crippen LogP contribution in [0.15, 0.2) is 60.9 Å². The van der Waals surface area contributed by atoms with E-state index in [-0.39, 0.29) is 17.9 Å². The molecule has 0 unspecified atom stereocenters. The van der Waals surface area contributed by atoms with Crippen LogP contribution in [-0.4, -0.2) is 22.8 Å². The van der Waals surface area contributed by atoms with Crippen LogP contribution >= 0.6 is 0 Å². The maximum absolute atomic E-state index is 14.1. The predicted octanol–water partition coefficient (Wildman–Crippen LogP) is 6.35. The van der Waals surface area contributed by atoms with E-state index in [0.717, 1.165) is 23.3 Å². The second-order valence-corrected chi connectivity index (χ2v) is 9.27. The minimum absolute atomic E-state index is 0.00271. The third kappa shape index (κ3) is 6.33. The molecule has 1 heterocycles. The van der Waals surface area contributed by atoms with Gasteiger partial charge in [-0.1, -0.05) is 24.3 Å². The second-order valence-electron chi connectivity index (χ2n) is 9.27. The van der Waals surface area contributed by atoms with E-state index in [1.54, 1.807) is 20.2 Å². The van der Waals surface area contributed by atoms with Crippen molar-refractivity contribution < 1.29 is 22.4 Å². The zero-order chi connectivity index (χ0) is 27.5. The summed E-state index contributed by atoms with van der Waals surface area (Å²) in [4.78, 5) is 18.4. The summed E-state index contributed by atoms with van der Waals surface area (Å²) in [5.41, 5.74) is 5.41. The Balaban J connectivity index is 1.80. The van der Waals surface area contributed by atoms with Gasteiger partial charge in [0.1, 0.15) is 5.82 Å². The van der Waals surface area contributed by atoms with E-state index in [9.17, 15) is 27.6 Å². The summed E-state index contributed by atoms with van der Waals surface area (Å²) in [7, 11) is 1.59. The molecule has 1 aromatic heterocycles. The number of carbonyl (C=O) groups excluding carboxylic acids is 1. The number of likely N-dealkylation sites (N-methyl/N-ethyl adjacent to an activating group) is 1. The van der Waals surface area contributed by atoms with Crippen molar-refractivity contribution in [2.45, 2.75) is 38.8 Å². The van der Waals surface area contributed by atoms with Crippen LogP contribution in [0, 0.1) is 17.1 Å². The lowest BCUT2D eigenvalue weighted by Gasteiger charge is -2.17. The van der Waals surface area contributed by atoms with Gasteiger partial charge in [-0.05, 0) is 72.9 Å². The van der Waals surface area contributed by atoms with Gasteiger partial charge in [-0.15, -0.1) is 0 Å². The van der Waals surface area contributed by atoms with Crippen LogP contribution in [-0.2, 0) is 22.8 Å². The Hall–Kier alpha value is -4.19. The Morgan fingerprint density at radius 2 is 1.76 bits per heavy atom. The van der Waals surface area contributed by atoms with Gasteiger partial charge in [-0.25, -0.2) is 4.39 Å². The lowest BCUT2D eigenvalue weighted by molar-refractivity contribution is -0.137. The Morgan fingerprint density at radius 1 is 1.11 bits per heavy atom. The molecule has 37 heavy (non-hydrogen) atoms. The summed E-state index contributed by atoms with van der Waals surface area (Å²) >= 11 is 0. The normalized spacial score (nSPS) is 12.2. The number of nitrogens with two attached hydrogens (primary N) is 1. The molecule has 192 valence electrons. The first-order chi connectivity index (χ1) is 17.2. The lowest BCUT2D eigenvalue weighted by Crippen LogP contribution is -2.23. The summed E-state index contributed by atoms with van der Waals surface area (Å²) in [6, 6.07) is 14.2. The molecule has 0 atom stereocenters. The Labute approximate surface area is 212 Å². The molecular weight excluding hydrogens is 484 g/mol. The fourth-order valence-electron chi connectivity index (χ4n) is 3.68. The van der Waals surface area contributed by atoms with Gasteiger partial charge in [-0.3, -0.25) is 9.78 Å². The Morgan fingerprint density at radius 3 is 2.35 bits per heavy atom. The maximum Gasteiger partial charge on any atom is 0.418 e. The van der Waals surface area contributed by atoms with E-state index in [2.05, 4.69) is 11.1 Å². The van der Waals surface area contributed by atoms with Crippen molar-refractivity contribution in [2.24, 2.45) is 0 Å². The average molecular weight is 511 g/mol. The van der Waals surface area contributed by atoms with Gasteiger partial charge in [0, 0.05) is 19.4 Å². The Kier molecular flexibility index (Phi) is 7.72. The number of hydrogen-bond donors (Lipinski definition) is 1. The number of aromatic nitrogens is 1. The topological polar surface area (TPSA) is 83.0 Å². The van der Waals surface area contributed by atoms with Gasteiger partial charge in [0.15, 0.2) is 0 Å². The standard InChI is InChI=1S/C28H26F4N4O/c1-17(15-36(4)25(37)11-18-5-7-21(8-6-18)27(2,3)16-33)24-14-19(9-10-35-24)20-12-22(28(30,31)32)26(34)23(29)13-20/h5-10,12-15H,11,34H2,1-4H3/b17-15+. The van der Waals surface area contributed by atoms with Crippen molar-refractivity contribution in [2.75, 3.05) is 12.8 Å². The fourth-order valence-corrected chi connectivity index (χ4v) is 3.68. The molecule has 5 nitrogen and oxygen atoms in total. The molecule has 0 aliphatic carbocycles. The van der Waals surface area contributed by atoms with Gasteiger partial charge in [-0.2, -0.15) is 18.4 Å². The van der Waals surface area contributed by atoms with Gasteiger partial charge in [0.2, 0.25) is 5.91 Å². The van der Waals surface area contributed by atoms with Crippen molar-refractivity contribution in [1.29, 1.82) is 5.26 Å². The number of allylic oxidation sites excluding steroid dienone is 1. The van der Waals surface area contributed by atoms with Crippen molar-refractivity contribution >= 4 is 17.2 Å². The minimum Gasteiger partial charge on any atom is -0.396 e. The summed E-state index contributed by atoms with van der Waals surface area (Å²) in [5, 5.41) is 9.27. The third-order valence-corrected chi connectivity index (χ3v) is 6.02. The van der Waals surface area contributed by atoms with Gasteiger partial charge >= 0.3 is 6.18 Å². The summed E-state index contributed by atoms with van der Waals surface area (Å²) in [5.74, 6) is -1.36. The number of carbonyl (C=O) groups is 1. The first-order valence-corrected chi connectivity index (χ1v) is 11.3. The van der Waals surface area contributed by atoms with Crippen LogP contribution in [0.25, 0.3) is 16.7 Å². The number of rotatable bonds is 6. The molecule has 0 spiro atoms. The second kappa shape index (κ2) is 10.4. The monoisotopic (exact) mass is 510 g/mol. The summed E-state index contributed by atoms with van der Waals surface area (Å²) in [6.45, 7) is 5.34. The molecule has 2 aromatic carbocycles. The molecule has 0 saturated carbocycles. The summed E-state index contributed by atoms with van der Waals surface area (Å²) < 4.78 is 54.0. The number of amides is 1. The van der Waals surface area contributed by atoms with Crippen LogP contribution in [0.1, 0.15) is 43.2 Å². The van der Waals surface area contributed by atoms with Crippen LogP contribution in [0.2, 0.25) is 0 Å². The number of benzene rings is 2. The SMILES string of the molecule is C/C(=C\N(C)C(=O)Cc1ccc(C(C)(C)C#N)cc1)c1cc(-c2cc(F)c(N)c(C(F)(F)F)c2)ccn1. The predicted molar refractivity (Wildman–Crippen MR) is 134 cm³/mol. The summed E-state index contributed by atoms with van der Waals surface area (Å²) in [6.07, 6.45) is -1.70. The zero-order valence-electron chi connectivity index (χ0n) is 20.8. The number of pyridine rings is 1. The molecule has 0 aliphatic rings. The first kappa shape index (κ1) is 27.4. The van der Waals surface area contributed by atoms with Crippen molar-refractivity contribution in [1.82, 2.24) is 9.88 Å². The Bertz CT molecular complexity index is 1390. The third-order valence-electron chi connectivity index (χ3n) is 6.02. The van der Waals surface area contributed by atoms with E-state index in [0.29, 0.717) is 16.8 Å². The fraction of sp³-hybridized carbons (Fsp3) is 0.250. The molecule has 1 amide bonds. The number of hydrogen-bond acceptors (Lipinski definition) is 4. The molecular formula is C28H26F4N4O. The number of anilines is 1. The highest BCUT2D eigenvalue weighted by atomic mass is 19.4. The van der Waals surface area contributed by atoms with E-state index in [1.807, 2.05) is 38.1 Å². The number of nitriles is 1. The van der Waals surface area contributed by atoms with Crippen molar-refractivity contribution in [3.8, 4) is 17.2 Å².